The SMILES string of the molecule is O=c1nc2n(c3ccccc13)C(c1ccccc1)C(CI)S2. The number of aromatic nitrogens is 2. The van der Waals surface area contributed by atoms with Crippen molar-refractivity contribution >= 4 is 45.3 Å². The highest BCUT2D eigenvalue weighted by Gasteiger charge is 2.35. The van der Waals surface area contributed by atoms with Gasteiger partial charge in [-0.2, -0.15) is 4.98 Å². The molecule has 110 valence electrons. The van der Waals surface area contributed by atoms with E-state index in [1.54, 1.807) is 11.8 Å². The number of alkyl halides is 1. The average molecular weight is 420 g/mol. The van der Waals surface area contributed by atoms with Crippen LogP contribution in [0.1, 0.15) is 11.6 Å². The summed E-state index contributed by atoms with van der Waals surface area (Å²) < 4.78 is 3.24. The Hall–Kier alpha value is -1.34. The Kier molecular flexibility index (Phi) is 3.69. The highest BCUT2D eigenvalue weighted by Crippen LogP contribution is 2.44. The van der Waals surface area contributed by atoms with Gasteiger partial charge < -0.3 is 4.57 Å². The van der Waals surface area contributed by atoms with E-state index < -0.39 is 0 Å². The maximum atomic E-state index is 12.2. The van der Waals surface area contributed by atoms with Crippen LogP contribution in [0.3, 0.4) is 0 Å². The Morgan fingerprint density at radius 1 is 1.09 bits per heavy atom. The van der Waals surface area contributed by atoms with E-state index in [2.05, 4.69) is 56.4 Å². The molecule has 1 aliphatic heterocycles. The Labute approximate surface area is 145 Å². The van der Waals surface area contributed by atoms with Crippen LogP contribution in [0.15, 0.2) is 64.5 Å². The minimum Gasteiger partial charge on any atom is -0.311 e. The van der Waals surface area contributed by atoms with Crippen LogP contribution < -0.4 is 5.56 Å². The van der Waals surface area contributed by atoms with Gasteiger partial charge in [-0.05, 0) is 17.7 Å². The molecule has 0 N–H and O–H groups in total. The molecule has 2 atom stereocenters. The van der Waals surface area contributed by atoms with Gasteiger partial charge in [0, 0.05) is 9.68 Å². The third-order valence-electron chi connectivity index (χ3n) is 3.98. The van der Waals surface area contributed by atoms with E-state index in [0.717, 1.165) is 15.1 Å². The second-order valence-corrected chi connectivity index (χ2v) is 7.34. The summed E-state index contributed by atoms with van der Waals surface area (Å²) >= 11 is 4.13. The Balaban J connectivity index is 2.03. The number of hydrogen-bond acceptors (Lipinski definition) is 3. The van der Waals surface area contributed by atoms with E-state index in [0.29, 0.717) is 10.6 Å². The van der Waals surface area contributed by atoms with Crippen LogP contribution in [0.5, 0.6) is 0 Å². The summed E-state index contributed by atoms with van der Waals surface area (Å²) in [5, 5.41) is 1.92. The highest BCUT2D eigenvalue weighted by atomic mass is 127. The maximum Gasteiger partial charge on any atom is 0.281 e. The summed E-state index contributed by atoms with van der Waals surface area (Å²) in [6, 6.07) is 18.5. The summed E-state index contributed by atoms with van der Waals surface area (Å²) in [5.41, 5.74) is 2.12. The molecule has 3 aromatic rings. The first-order chi connectivity index (χ1) is 10.8. The van der Waals surface area contributed by atoms with Gasteiger partial charge in [-0.3, -0.25) is 4.79 Å². The summed E-state index contributed by atoms with van der Waals surface area (Å²) in [6.07, 6.45) is 0. The molecule has 5 heteroatoms. The van der Waals surface area contributed by atoms with Crippen molar-refractivity contribution in [3.63, 3.8) is 0 Å². The molecule has 0 spiro atoms. The molecule has 0 bridgehead atoms. The second kappa shape index (κ2) is 5.70. The van der Waals surface area contributed by atoms with E-state index in [-0.39, 0.29) is 11.6 Å². The molecule has 0 fully saturated rings. The lowest BCUT2D eigenvalue weighted by Gasteiger charge is -2.21. The molecule has 2 aromatic carbocycles. The van der Waals surface area contributed by atoms with E-state index in [9.17, 15) is 4.79 Å². The van der Waals surface area contributed by atoms with Crippen molar-refractivity contribution in [3.05, 3.63) is 70.5 Å². The summed E-state index contributed by atoms with van der Waals surface area (Å²) in [6.45, 7) is 0. The van der Waals surface area contributed by atoms with Crippen molar-refractivity contribution in [2.75, 3.05) is 4.43 Å². The Morgan fingerprint density at radius 2 is 1.82 bits per heavy atom. The monoisotopic (exact) mass is 420 g/mol. The lowest BCUT2D eigenvalue weighted by atomic mass is 10.0. The number of nitrogens with zero attached hydrogens (tertiary/aromatic N) is 2. The van der Waals surface area contributed by atoms with E-state index in [1.807, 2.05) is 30.3 Å². The molecular formula is C17H13IN2OS. The van der Waals surface area contributed by atoms with Crippen molar-refractivity contribution in [1.82, 2.24) is 9.55 Å². The molecule has 2 heterocycles. The van der Waals surface area contributed by atoms with Crippen LogP contribution in [-0.2, 0) is 0 Å². The fourth-order valence-electron chi connectivity index (χ4n) is 3.02. The Bertz CT molecular complexity index is 894. The van der Waals surface area contributed by atoms with E-state index >= 15 is 0 Å². The summed E-state index contributed by atoms with van der Waals surface area (Å²) in [7, 11) is 0. The molecule has 1 aliphatic rings. The van der Waals surface area contributed by atoms with Crippen LogP contribution >= 0.6 is 34.4 Å². The van der Waals surface area contributed by atoms with Crippen molar-refractivity contribution in [2.24, 2.45) is 0 Å². The van der Waals surface area contributed by atoms with Gasteiger partial charge >= 0.3 is 0 Å². The van der Waals surface area contributed by atoms with Gasteiger partial charge in [0.1, 0.15) is 0 Å². The van der Waals surface area contributed by atoms with Crippen LogP contribution in [-0.4, -0.2) is 19.2 Å². The van der Waals surface area contributed by atoms with Gasteiger partial charge in [-0.1, -0.05) is 76.8 Å². The van der Waals surface area contributed by atoms with Gasteiger partial charge in [-0.15, -0.1) is 0 Å². The summed E-state index contributed by atoms with van der Waals surface area (Å²) in [4.78, 5) is 16.6. The van der Waals surface area contributed by atoms with Crippen molar-refractivity contribution < 1.29 is 0 Å². The molecule has 3 nitrogen and oxygen atoms in total. The largest absolute Gasteiger partial charge is 0.311 e. The number of para-hydroxylation sites is 1. The standard InChI is InChI=1S/C17H13IN2OS/c18-10-14-15(11-6-2-1-3-7-11)20-13-9-5-4-8-12(13)16(21)19-17(20)22-14/h1-9,14-15H,10H2. The average Bonchev–Trinajstić information content (AvgIpc) is 2.94. The molecule has 0 radical (unpaired) electrons. The number of benzene rings is 2. The number of hydrogen-bond donors (Lipinski definition) is 0. The first kappa shape index (κ1) is 14.3. The number of rotatable bonds is 2. The third-order valence-corrected chi connectivity index (χ3v) is 6.75. The Morgan fingerprint density at radius 3 is 2.59 bits per heavy atom. The zero-order valence-corrected chi connectivity index (χ0v) is 14.6. The predicted octanol–water partition coefficient (Wildman–Crippen LogP) is 3.90. The first-order valence-corrected chi connectivity index (χ1v) is 9.49. The number of thioether (sulfide) groups is 1. The van der Waals surface area contributed by atoms with E-state index in [1.165, 1.54) is 5.56 Å². The smallest absolute Gasteiger partial charge is 0.281 e. The predicted molar refractivity (Wildman–Crippen MR) is 99.1 cm³/mol. The number of halogens is 1. The molecule has 4 rings (SSSR count). The van der Waals surface area contributed by atoms with Crippen molar-refractivity contribution in [2.45, 2.75) is 16.4 Å². The topological polar surface area (TPSA) is 34.9 Å². The fraction of sp³-hybridized carbons (Fsp3) is 0.176. The molecule has 0 saturated carbocycles. The minimum absolute atomic E-state index is 0.129. The lowest BCUT2D eigenvalue weighted by Crippen LogP contribution is -2.21. The fourth-order valence-corrected chi connectivity index (χ4v) is 5.24. The number of fused-ring (bicyclic) bond motifs is 3. The minimum atomic E-state index is -0.129. The van der Waals surface area contributed by atoms with E-state index in [4.69, 9.17) is 0 Å². The molecule has 0 amide bonds. The van der Waals surface area contributed by atoms with Gasteiger partial charge in [0.15, 0.2) is 5.16 Å². The normalized spacial score (nSPS) is 20.2. The van der Waals surface area contributed by atoms with Crippen LogP contribution in [0, 0.1) is 0 Å². The van der Waals surface area contributed by atoms with Crippen molar-refractivity contribution in [3.8, 4) is 0 Å². The third kappa shape index (κ3) is 2.18. The maximum absolute atomic E-state index is 12.2. The molecule has 2 unspecified atom stereocenters. The van der Waals surface area contributed by atoms with Gasteiger partial charge in [-0.25, -0.2) is 0 Å². The second-order valence-electron chi connectivity index (χ2n) is 5.25. The van der Waals surface area contributed by atoms with Gasteiger partial charge in [0.2, 0.25) is 0 Å². The van der Waals surface area contributed by atoms with Crippen LogP contribution in [0.25, 0.3) is 10.9 Å². The molecule has 22 heavy (non-hydrogen) atoms. The van der Waals surface area contributed by atoms with Gasteiger partial charge in [0.05, 0.1) is 16.9 Å². The zero-order valence-electron chi connectivity index (χ0n) is 11.6. The quantitative estimate of drug-likeness (QED) is 0.359. The molecule has 0 aliphatic carbocycles. The van der Waals surface area contributed by atoms with Crippen LogP contribution in [0.4, 0.5) is 0 Å². The first-order valence-electron chi connectivity index (χ1n) is 7.08. The summed E-state index contributed by atoms with van der Waals surface area (Å²) in [5.74, 6) is 0. The molecule has 1 aromatic heterocycles. The van der Waals surface area contributed by atoms with Gasteiger partial charge in [0.25, 0.3) is 5.56 Å². The highest BCUT2D eigenvalue weighted by molar-refractivity contribution is 14.1. The lowest BCUT2D eigenvalue weighted by molar-refractivity contribution is 0.572. The van der Waals surface area contributed by atoms with Crippen molar-refractivity contribution in [1.29, 1.82) is 0 Å². The zero-order chi connectivity index (χ0) is 15.1. The van der Waals surface area contributed by atoms with Crippen LogP contribution in [0.2, 0.25) is 0 Å². The molecular weight excluding hydrogens is 407 g/mol. The molecule has 0 saturated heterocycles.